The lowest BCUT2D eigenvalue weighted by Crippen LogP contribution is -2.43. The Labute approximate surface area is 119 Å². The van der Waals surface area contributed by atoms with Crippen molar-refractivity contribution >= 4 is 16.8 Å². The highest BCUT2D eigenvalue weighted by Crippen LogP contribution is 2.28. The number of benzene rings is 1. The van der Waals surface area contributed by atoms with Crippen molar-refractivity contribution in [2.45, 2.75) is 34.1 Å². The summed E-state index contributed by atoms with van der Waals surface area (Å²) in [7, 11) is 0. The van der Waals surface area contributed by atoms with Gasteiger partial charge >= 0.3 is 0 Å². The second-order valence-corrected chi connectivity index (χ2v) is 5.92. The third-order valence-corrected chi connectivity index (χ3v) is 4.08. The first-order chi connectivity index (χ1) is 9.02. The lowest BCUT2D eigenvalue weighted by atomic mass is 10.0. The number of hydrogen-bond acceptors (Lipinski definition) is 5. The van der Waals surface area contributed by atoms with Crippen molar-refractivity contribution in [3.63, 3.8) is 0 Å². The zero-order valence-corrected chi connectivity index (χ0v) is 12.9. The first-order valence-corrected chi connectivity index (χ1v) is 7.60. The van der Waals surface area contributed by atoms with Gasteiger partial charge in [0, 0.05) is 12.1 Å². The second kappa shape index (κ2) is 5.94. The maximum Gasteiger partial charge on any atom is 0.127 e. The zero-order valence-electron chi connectivity index (χ0n) is 12.1. The average molecular weight is 278 g/mol. The van der Waals surface area contributed by atoms with E-state index < -0.39 is 0 Å². The third-order valence-electron chi connectivity index (χ3n) is 3.16. The van der Waals surface area contributed by atoms with Gasteiger partial charge in [-0.1, -0.05) is 36.4 Å². The van der Waals surface area contributed by atoms with Crippen LogP contribution in [0.3, 0.4) is 0 Å². The zero-order chi connectivity index (χ0) is 14.0. The van der Waals surface area contributed by atoms with E-state index in [4.69, 9.17) is 5.84 Å². The van der Waals surface area contributed by atoms with Gasteiger partial charge in [0.15, 0.2) is 0 Å². The molecule has 19 heavy (non-hydrogen) atoms. The summed E-state index contributed by atoms with van der Waals surface area (Å²) in [6.07, 6.45) is 1.02. The molecule has 4 nitrogen and oxygen atoms in total. The van der Waals surface area contributed by atoms with Crippen LogP contribution in [0.1, 0.15) is 35.6 Å². The molecule has 1 aromatic carbocycles. The van der Waals surface area contributed by atoms with E-state index in [1.54, 1.807) is 16.9 Å². The number of nitrogens with zero attached hydrogens (tertiary/aromatic N) is 3. The number of rotatable bonds is 4. The maximum atomic E-state index is 5.97. The van der Waals surface area contributed by atoms with E-state index in [9.17, 15) is 0 Å². The molecule has 0 fully saturated rings. The maximum absolute atomic E-state index is 5.97. The summed E-state index contributed by atoms with van der Waals surface area (Å²) in [6.45, 7) is 9.36. The van der Waals surface area contributed by atoms with Crippen LogP contribution in [0.2, 0.25) is 0 Å². The minimum atomic E-state index is 0.790. The van der Waals surface area contributed by atoms with Gasteiger partial charge in [-0.15, -0.1) is 5.12 Å². The van der Waals surface area contributed by atoms with Crippen LogP contribution in [0.25, 0.3) is 0 Å². The first-order valence-electron chi connectivity index (χ1n) is 6.62. The van der Waals surface area contributed by atoms with E-state index in [1.165, 1.54) is 22.3 Å². The van der Waals surface area contributed by atoms with E-state index >= 15 is 0 Å². The molecule has 1 aliphatic heterocycles. The molecule has 1 aromatic rings. The van der Waals surface area contributed by atoms with Gasteiger partial charge in [0.25, 0.3) is 0 Å². The van der Waals surface area contributed by atoms with Gasteiger partial charge < -0.3 is 0 Å². The van der Waals surface area contributed by atoms with Crippen LogP contribution in [0.15, 0.2) is 17.2 Å². The van der Waals surface area contributed by atoms with Crippen molar-refractivity contribution in [3.8, 4) is 0 Å². The predicted octanol–water partition coefficient (Wildman–Crippen LogP) is 2.78. The van der Waals surface area contributed by atoms with E-state index in [1.807, 2.05) is 5.12 Å². The van der Waals surface area contributed by atoms with Crippen molar-refractivity contribution < 1.29 is 0 Å². The van der Waals surface area contributed by atoms with Crippen molar-refractivity contribution in [1.82, 2.24) is 10.2 Å². The SMILES string of the molecule is CCCN(N)N1CSC(c2c(C)cc(C)cc2C)=N1. The molecule has 2 rings (SSSR count). The Kier molecular flexibility index (Phi) is 4.50. The molecular formula is C14H22N4S. The van der Waals surface area contributed by atoms with Crippen LogP contribution < -0.4 is 5.84 Å². The standard InChI is InChI=1S/C14H22N4S/c1-5-6-17(15)18-9-19-14(16-18)13-11(3)7-10(2)8-12(13)4/h7-8H,5-6,9,15H2,1-4H3. The van der Waals surface area contributed by atoms with Gasteiger partial charge in [-0.05, 0) is 38.3 Å². The molecule has 5 heteroatoms. The highest BCUT2D eigenvalue weighted by molar-refractivity contribution is 8.14. The number of thioether (sulfide) groups is 1. The second-order valence-electron chi connectivity index (χ2n) is 4.99. The highest BCUT2D eigenvalue weighted by atomic mass is 32.2. The first kappa shape index (κ1) is 14.4. The molecule has 0 aromatic heterocycles. The largest absolute Gasteiger partial charge is 0.249 e. The number of hydrazone groups is 1. The molecule has 0 aliphatic carbocycles. The predicted molar refractivity (Wildman–Crippen MR) is 82.7 cm³/mol. The van der Waals surface area contributed by atoms with Gasteiger partial charge in [0.2, 0.25) is 0 Å². The van der Waals surface area contributed by atoms with E-state index in [0.29, 0.717) is 0 Å². The molecule has 0 atom stereocenters. The van der Waals surface area contributed by atoms with Gasteiger partial charge in [-0.3, -0.25) is 0 Å². The Hall–Kier alpha value is -1.04. The lowest BCUT2D eigenvalue weighted by molar-refractivity contribution is -0.00302. The Morgan fingerprint density at radius 2 is 1.95 bits per heavy atom. The van der Waals surface area contributed by atoms with Crippen molar-refractivity contribution in [3.05, 3.63) is 34.4 Å². The molecule has 0 bridgehead atoms. The number of hydrogen-bond donors (Lipinski definition) is 1. The lowest BCUT2D eigenvalue weighted by Gasteiger charge is -2.23. The Morgan fingerprint density at radius 3 is 2.53 bits per heavy atom. The van der Waals surface area contributed by atoms with Crippen molar-refractivity contribution in [2.24, 2.45) is 10.9 Å². The Balaban J connectivity index is 2.26. The average Bonchev–Trinajstić information content (AvgIpc) is 2.77. The van der Waals surface area contributed by atoms with Gasteiger partial charge in [0.05, 0.1) is 0 Å². The molecule has 2 N–H and O–H groups in total. The smallest absolute Gasteiger partial charge is 0.127 e. The Morgan fingerprint density at radius 1 is 1.32 bits per heavy atom. The molecular weight excluding hydrogens is 256 g/mol. The molecule has 0 radical (unpaired) electrons. The number of nitrogens with two attached hydrogens (primary N) is 1. The summed E-state index contributed by atoms with van der Waals surface area (Å²) in [5, 5.41) is 9.26. The minimum absolute atomic E-state index is 0.790. The number of aryl methyl sites for hydroxylation is 3. The molecule has 0 saturated heterocycles. The summed E-state index contributed by atoms with van der Waals surface area (Å²) >= 11 is 1.75. The highest BCUT2D eigenvalue weighted by Gasteiger charge is 2.22. The fraction of sp³-hybridized carbons (Fsp3) is 0.500. The van der Waals surface area contributed by atoms with Crippen LogP contribution in [0.5, 0.6) is 0 Å². The fourth-order valence-electron chi connectivity index (χ4n) is 2.40. The quantitative estimate of drug-likeness (QED) is 0.679. The van der Waals surface area contributed by atoms with E-state index in [2.05, 4.69) is 44.9 Å². The Bertz CT molecular complexity index is 475. The van der Waals surface area contributed by atoms with E-state index in [-0.39, 0.29) is 0 Å². The van der Waals surface area contributed by atoms with Crippen molar-refractivity contribution in [2.75, 3.05) is 12.4 Å². The van der Waals surface area contributed by atoms with Gasteiger partial charge in [0.1, 0.15) is 10.9 Å². The normalized spacial score (nSPS) is 15.3. The van der Waals surface area contributed by atoms with Crippen LogP contribution in [0.4, 0.5) is 0 Å². The van der Waals surface area contributed by atoms with Crippen molar-refractivity contribution in [1.29, 1.82) is 0 Å². The van der Waals surface area contributed by atoms with Crippen LogP contribution in [0, 0.1) is 20.8 Å². The number of hydrazine groups is 2. The topological polar surface area (TPSA) is 44.9 Å². The molecule has 0 amide bonds. The van der Waals surface area contributed by atoms with Crippen LogP contribution in [-0.2, 0) is 0 Å². The van der Waals surface area contributed by atoms with Gasteiger partial charge in [-0.2, -0.15) is 5.10 Å². The molecule has 0 spiro atoms. The summed E-state index contributed by atoms with van der Waals surface area (Å²) in [5.41, 5.74) is 5.11. The molecule has 0 saturated carbocycles. The molecule has 1 heterocycles. The molecule has 0 unspecified atom stereocenters. The van der Waals surface area contributed by atoms with E-state index in [0.717, 1.165) is 23.9 Å². The minimum Gasteiger partial charge on any atom is -0.249 e. The van der Waals surface area contributed by atoms with Gasteiger partial charge in [-0.25, -0.2) is 11.0 Å². The summed E-state index contributed by atoms with van der Waals surface area (Å²) < 4.78 is 0. The monoisotopic (exact) mass is 278 g/mol. The fourth-order valence-corrected chi connectivity index (χ4v) is 3.46. The molecule has 1 aliphatic rings. The van der Waals surface area contributed by atoms with Crippen LogP contribution >= 0.6 is 11.8 Å². The molecule has 104 valence electrons. The van der Waals surface area contributed by atoms with Crippen LogP contribution in [-0.4, -0.2) is 27.7 Å². The summed E-state index contributed by atoms with van der Waals surface area (Å²) in [4.78, 5) is 0. The summed E-state index contributed by atoms with van der Waals surface area (Å²) in [6, 6.07) is 4.42. The summed E-state index contributed by atoms with van der Waals surface area (Å²) in [5.74, 6) is 6.76. The third kappa shape index (κ3) is 3.11.